The Labute approximate surface area is 252 Å². The van der Waals surface area contributed by atoms with Crippen LogP contribution in [0.1, 0.15) is 16.8 Å². The van der Waals surface area contributed by atoms with E-state index in [-0.39, 0.29) is 18.2 Å². The van der Waals surface area contributed by atoms with Gasteiger partial charge in [-0.15, -0.1) is 0 Å². The van der Waals surface area contributed by atoms with E-state index in [4.69, 9.17) is 37.8 Å². The van der Waals surface area contributed by atoms with Crippen molar-refractivity contribution in [1.82, 2.24) is 10.3 Å². The molecular weight excluding hydrogens is 581 g/mol. The van der Waals surface area contributed by atoms with Gasteiger partial charge in [0.25, 0.3) is 0 Å². The minimum atomic E-state index is -1.08. The summed E-state index contributed by atoms with van der Waals surface area (Å²) in [5.41, 5.74) is 3.18. The van der Waals surface area contributed by atoms with Crippen LogP contribution in [0.3, 0.4) is 0 Å². The van der Waals surface area contributed by atoms with Gasteiger partial charge in [-0.3, -0.25) is 9.59 Å². The van der Waals surface area contributed by atoms with E-state index in [1.165, 1.54) is 11.0 Å². The molecule has 0 saturated carbocycles. The van der Waals surface area contributed by atoms with Gasteiger partial charge in [0.2, 0.25) is 11.8 Å². The molecule has 0 bridgehead atoms. The summed E-state index contributed by atoms with van der Waals surface area (Å²) in [4.78, 5) is 41.7. The molecule has 1 heterocycles. The van der Waals surface area contributed by atoms with Crippen LogP contribution < -0.4 is 19.7 Å². The Kier molecular flexibility index (Phi) is 10.0. The fourth-order valence-corrected chi connectivity index (χ4v) is 4.53. The van der Waals surface area contributed by atoms with Crippen LogP contribution >= 0.6 is 23.2 Å². The Bertz CT molecular complexity index is 1660. The molecule has 0 atom stereocenters. The standard InChI is InChI=1S/C31H27Cl2N3O6/c1-19-6-10-21-4-3-5-26(31(21)35-19)42-17-23-24(32)13-14-25(30(23)33)36(2)28(38)16-34-27(37)15-9-20-7-11-22(12-8-20)41-18-29(39)40/h3-15H,16-18H2,1-2H3,(H,34,37)(H,39,40)/b15-9+. The highest BCUT2D eigenvalue weighted by Crippen LogP contribution is 2.35. The number of carboxylic acid groups (broad SMARTS) is 1. The van der Waals surface area contributed by atoms with Gasteiger partial charge in [0, 0.05) is 34.8 Å². The van der Waals surface area contributed by atoms with Crippen molar-refractivity contribution in [2.45, 2.75) is 13.5 Å². The maximum absolute atomic E-state index is 12.9. The first-order valence-electron chi connectivity index (χ1n) is 12.8. The lowest BCUT2D eigenvalue weighted by Gasteiger charge is -2.21. The van der Waals surface area contributed by atoms with E-state index < -0.39 is 24.4 Å². The number of ether oxygens (including phenoxy) is 2. The quantitative estimate of drug-likeness (QED) is 0.210. The van der Waals surface area contributed by atoms with E-state index in [1.54, 1.807) is 49.5 Å². The number of nitrogens with zero attached hydrogens (tertiary/aromatic N) is 2. The number of likely N-dealkylation sites (N-methyl/N-ethyl adjacent to an activating group) is 1. The highest BCUT2D eigenvalue weighted by molar-refractivity contribution is 6.38. The third kappa shape index (κ3) is 7.78. The van der Waals surface area contributed by atoms with Crippen molar-refractivity contribution in [2.75, 3.05) is 25.1 Å². The summed E-state index contributed by atoms with van der Waals surface area (Å²) in [6, 6.07) is 19.3. The Morgan fingerprint density at radius 2 is 1.76 bits per heavy atom. The second-order valence-corrected chi connectivity index (χ2v) is 9.97. The first-order valence-corrected chi connectivity index (χ1v) is 13.5. The van der Waals surface area contributed by atoms with Crippen molar-refractivity contribution >= 4 is 63.7 Å². The van der Waals surface area contributed by atoms with Crippen LogP contribution in [-0.4, -0.2) is 48.1 Å². The monoisotopic (exact) mass is 607 g/mol. The zero-order valence-corrected chi connectivity index (χ0v) is 24.3. The first-order chi connectivity index (χ1) is 20.1. The van der Waals surface area contributed by atoms with Crippen LogP contribution in [0.15, 0.2) is 72.8 Å². The lowest BCUT2D eigenvalue weighted by atomic mass is 10.1. The van der Waals surface area contributed by atoms with Gasteiger partial charge in [-0.05, 0) is 55.0 Å². The average molecular weight is 608 g/mol. The fraction of sp³-hybridized carbons (Fsp3) is 0.161. The van der Waals surface area contributed by atoms with Crippen molar-refractivity contribution < 1.29 is 29.0 Å². The number of hydrogen-bond acceptors (Lipinski definition) is 6. The normalized spacial score (nSPS) is 11.0. The van der Waals surface area contributed by atoms with Gasteiger partial charge in [-0.25, -0.2) is 9.78 Å². The van der Waals surface area contributed by atoms with Gasteiger partial charge in [0.15, 0.2) is 6.61 Å². The Balaban J connectivity index is 1.36. The largest absolute Gasteiger partial charge is 0.487 e. The Hall–Kier alpha value is -4.60. The number of nitrogens with one attached hydrogen (secondary N) is 1. The Morgan fingerprint density at radius 1 is 1.00 bits per heavy atom. The molecule has 0 spiro atoms. The number of halogens is 2. The van der Waals surface area contributed by atoms with E-state index in [9.17, 15) is 14.4 Å². The molecular formula is C31H27Cl2N3O6. The number of aromatic nitrogens is 1. The van der Waals surface area contributed by atoms with Crippen LogP contribution in [0.5, 0.6) is 11.5 Å². The number of benzene rings is 3. The maximum atomic E-state index is 12.9. The summed E-state index contributed by atoms with van der Waals surface area (Å²) in [6.07, 6.45) is 2.84. The number of amides is 2. The lowest BCUT2D eigenvalue weighted by molar-refractivity contribution is -0.139. The van der Waals surface area contributed by atoms with Crippen LogP contribution in [-0.2, 0) is 21.0 Å². The topological polar surface area (TPSA) is 118 Å². The zero-order chi connectivity index (χ0) is 30.2. The number of carboxylic acids is 1. The van der Waals surface area contributed by atoms with Crippen LogP contribution in [0, 0.1) is 6.92 Å². The summed E-state index contributed by atoms with van der Waals surface area (Å²) >= 11 is 13.1. The number of fused-ring (bicyclic) bond motifs is 1. The molecule has 2 N–H and O–H groups in total. The number of carbonyl (C=O) groups excluding carboxylic acids is 2. The minimum Gasteiger partial charge on any atom is -0.487 e. The van der Waals surface area contributed by atoms with Crippen molar-refractivity contribution in [1.29, 1.82) is 0 Å². The van der Waals surface area contributed by atoms with E-state index in [0.29, 0.717) is 33.3 Å². The molecule has 9 nitrogen and oxygen atoms in total. The number of pyridine rings is 1. The number of aryl methyl sites for hydroxylation is 1. The number of rotatable bonds is 11. The number of anilines is 1. The Morgan fingerprint density at radius 3 is 2.50 bits per heavy atom. The SMILES string of the molecule is Cc1ccc2cccc(OCc3c(Cl)ccc(N(C)C(=O)CNC(=O)/C=C/c4ccc(OCC(=O)O)cc4)c3Cl)c2n1. The van der Waals surface area contributed by atoms with Gasteiger partial charge >= 0.3 is 5.97 Å². The molecule has 4 rings (SSSR count). The molecule has 42 heavy (non-hydrogen) atoms. The van der Waals surface area contributed by atoms with E-state index in [0.717, 1.165) is 16.6 Å². The van der Waals surface area contributed by atoms with Gasteiger partial charge in [0.05, 0.1) is 17.3 Å². The van der Waals surface area contributed by atoms with Gasteiger partial charge < -0.3 is 24.8 Å². The van der Waals surface area contributed by atoms with Crippen molar-refractivity contribution in [3.63, 3.8) is 0 Å². The molecule has 2 amide bonds. The molecule has 216 valence electrons. The highest BCUT2D eigenvalue weighted by Gasteiger charge is 2.19. The molecule has 0 aliphatic carbocycles. The second-order valence-electron chi connectivity index (χ2n) is 9.18. The van der Waals surface area contributed by atoms with Crippen molar-refractivity contribution in [3.8, 4) is 11.5 Å². The van der Waals surface area contributed by atoms with E-state index >= 15 is 0 Å². The number of para-hydroxylation sites is 1. The number of hydrogen-bond donors (Lipinski definition) is 2. The number of aliphatic carboxylic acids is 1. The molecule has 0 fully saturated rings. The minimum absolute atomic E-state index is 0.0520. The van der Waals surface area contributed by atoms with Crippen LogP contribution in [0.4, 0.5) is 5.69 Å². The molecule has 0 aliphatic heterocycles. The molecule has 4 aromatic rings. The van der Waals surface area contributed by atoms with Crippen LogP contribution in [0.2, 0.25) is 10.0 Å². The predicted molar refractivity (Wildman–Crippen MR) is 162 cm³/mol. The maximum Gasteiger partial charge on any atom is 0.341 e. The summed E-state index contributed by atoms with van der Waals surface area (Å²) in [7, 11) is 1.55. The third-order valence-electron chi connectivity index (χ3n) is 6.18. The number of carbonyl (C=O) groups is 3. The summed E-state index contributed by atoms with van der Waals surface area (Å²) in [5, 5.41) is 12.8. The zero-order valence-electron chi connectivity index (χ0n) is 22.8. The van der Waals surface area contributed by atoms with E-state index in [1.807, 2.05) is 37.3 Å². The van der Waals surface area contributed by atoms with Crippen molar-refractivity contribution in [2.24, 2.45) is 0 Å². The first kappa shape index (κ1) is 30.4. The molecule has 3 aromatic carbocycles. The lowest BCUT2D eigenvalue weighted by Crippen LogP contribution is -2.37. The average Bonchev–Trinajstić information content (AvgIpc) is 2.98. The van der Waals surface area contributed by atoms with Gasteiger partial charge in [-0.2, -0.15) is 0 Å². The molecule has 0 aliphatic rings. The second kappa shape index (κ2) is 13.8. The van der Waals surface area contributed by atoms with Gasteiger partial charge in [-0.1, -0.05) is 53.5 Å². The summed E-state index contributed by atoms with van der Waals surface area (Å²) in [6.45, 7) is 1.24. The predicted octanol–water partition coefficient (Wildman–Crippen LogP) is 5.68. The smallest absolute Gasteiger partial charge is 0.341 e. The van der Waals surface area contributed by atoms with Gasteiger partial charge in [0.1, 0.15) is 23.6 Å². The molecule has 0 radical (unpaired) electrons. The summed E-state index contributed by atoms with van der Waals surface area (Å²) < 4.78 is 11.1. The van der Waals surface area contributed by atoms with Crippen LogP contribution in [0.25, 0.3) is 17.0 Å². The van der Waals surface area contributed by atoms with E-state index in [2.05, 4.69) is 10.3 Å². The highest BCUT2D eigenvalue weighted by atomic mass is 35.5. The summed E-state index contributed by atoms with van der Waals surface area (Å²) in [5.74, 6) is -0.978. The molecule has 0 unspecified atom stereocenters. The molecule has 0 saturated heterocycles. The third-order valence-corrected chi connectivity index (χ3v) is 6.95. The molecule has 11 heteroatoms. The molecule has 1 aromatic heterocycles. The fourth-order valence-electron chi connectivity index (χ4n) is 3.93. The van der Waals surface area contributed by atoms with Crippen molar-refractivity contribution in [3.05, 3.63) is 99.7 Å².